The Labute approximate surface area is 124 Å². The van der Waals surface area contributed by atoms with E-state index in [1.807, 2.05) is 51.1 Å². The van der Waals surface area contributed by atoms with E-state index in [1.165, 1.54) is 6.07 Å². The molecule has 0 bridgehead atoms. The quantitative estimate of drug-likeness (QED) is 0.842. The lowest BCUT2D eigenvalue weighted by Gasteiger charge is -2.21. The Morgan fingerprint density at radius 3 is 2.19 bits per heavy atom. The normalized spacial score (nSPS) is 11.4. The van der Waals surface area contributed by atoms with Gasteiger partial charge in [0.15, 0.2) is 5.78 Å². The first-order valence-corrected chi connectivity index (χ1v) is 6.92. The van der Waals surface area contributed by atoms with Gasteiger partial charge in [-0.3, -0.25) is 4.79 Å². The molecule has 3 nitrogen and oxygen atoms in total. The highest BCUT2D eigenvalue weighted by atomic mass is 16.3. The molecule has 2 N–H and O–H groups in total. The summed E-state index contributed by atoms with van der Waals surface area (Å²) >= 11 is 0. The Hall–Kier alpha value is -2.29. The van der Waals surface area contributed by atoms with Crippen LogP contribution in [0.25, 0.3) is 0 Å². The highest BCUT2D eigenvalue weighted by molar-refractivity contribution is 6.00. The van der Waals surface area contributed by atoms with Crippen molar-refractivity contribution in [2.24, 2.45) is 0 Å². The first-order valence-electron chi connectivity index (χ1n) is 6.92. The summed E-state index contributed by atoms with van der Waals surface area (Å²) in [5.74, 6) is -0.332. The number of carbonyl (C=O) groups excluding carboxylic acids is 1. The predicted molar refractivity (Wildman–Crippen MR) is 82.9 cm³/mol. The summed E-state index contributed by atoms with van der Waals surface area (Å²) in [4.78, 5) is 12.4. The second-order valence-corrected chi connectivity index (χ2v) is 6.22. The minimum absolute atomic E-state index is 0.0104. The minimum Gasteiger partial charge on any atom is -0.508 e. The molecule has 0 aliphatic heterocycles. The summed E-state index contributed by atoms with van der Waals surface area (Å²) in [6, 6.07) is 12.2. The topological polar surface area (TPSA) is 57.5 Å². The number of rotatable bonds is 3. The maximum atomic E-state index is 12.4. The van der Waals surface area contributed by atoms with Crippen molar-refractivity contribution in [3.8, 4) is 11.5 Å². The number of benzene rings is 2. The maximum Gasteiger partial charge on any atom is 0.170 e. The molecule has 0 aromatic heterocycles. The summed E-state index contributed by atoms with van der Waals surface area (Å²) in [5, 5.41) is 19.9. The van der Waals surface area contributed by atoms with Gasteiger partial charge in [0.25, 0.3) is 0 Å². The van der Waals surface area contributed by atoms with E-state index in [-0.39, 0.29) is 34.7 Å². The molecular formula is C18H20O3. The molecule has 0 unspecified atom stereocenters. The lowest BCUT2D eigenvalue weighted by atomic mass is 9.84. The van der Waals surface area contributed by atoms with Gasteiger partial charge in [-0.1, -0.05) is 51.1 Å². The number of Topliss-reactive ketones (excluding diaryl/α,β-unsaturated/α-hetero) is 1. The van der Waals surface area contributed by atoms with E-state index < -0.39 is 0 Å². The molecule has 0 radical (unpaired) electrons. The Morgan fingerprint density at radius 2 is 1.62 bits per heavy atom. The number of carbonyl (C=O) groups is 1. The van der Waals surface area contributed by atoms with Gasteiger partial charge in [0.05, 0.1) is 5.56 Å². The Morgan fingerprint density at radius 1 is 1.00 bits per heavy atom. The van der Waals surface area contributed by atoms with Gasteiger partial charge in [0.1, 0.15) is 11.5 Å². The van der Waals surface area contributed by atoms with Crippen molar-refractivity contribution in [3.63, 3.8) is 0 Å². The van der Waals surface area contributed by atoms with E-state index >= 15 is 0 Å². The van der Waals surface area contributed by atoms with Crippen LogP contribution in [0.2, 0.25) is 0 Å². The Kier molecular flexibility index (Phi) is 4.03. The van der Waals surface area contributed by atoms with Crippen molar-refractivity contribution in [1.82, 2.24) is 0 Å². The van der Waals surface area contributed by atoms with Gasteiger partial charge in [-0.2, -0.15) is 0 Å². The summed E-state index contributed by atoms with van der Waals surface area (Å²) in [6.07, 6.45) is 0.225. The van der Waals surface area contributed by atoms with Crippen molar-refractivity contribution in [3.05, 3.63) is 59.2 Å². The molecule has 2 aromatic carbocycles. The van der Waals surface area contributed by atoms with Gasteiger partial charge in [-0.15, -0.1) is 0 Å². The molecule has 0 aliphatic carbocycles. The average molecular weight is 284 g/mol. The number of hydrogen-bond acceptors (Lipinski definition) is 3. The standard InChI is InChI=1S/C18H20O3/c1-18(2,3)14-10-13(16(20)11-17(14)21)15(19)9-12-7-5-4-6-8-12/h4-8,10-11,20-21H,9H2,1-3H3. The van der Waals surface area contributed by atoms with Gasteiger partial charge >= 0.3 is 0 Å². The van der Waals surface area contributed by atoms with Crippen LogP contribution >= 0.6 is 0 Å². The summed E-state index contributed by atoms with van der Waals surface area (Å²) in [7, 11) is 0. The fourth-order valence-corrected chi connectivity index (χ4v) is 2.28. The van der Waals surface area contributed by atoms with Crippen LogP contribution in [0.1, 0.15) is 42.3 Å². The zero-order chi connectivity index (χ0) is 15.6. The van der Waals surface area contributed by atoms with Gasteiger partial charge in [-0.05, 0) is 17.0 Å². The summed E-state index contributed by atoms with van der Waals surface area (Å²) < 4.78 is 0. The first-order chi connectivity index (χ1) is 9.79. The molecule has 0 atom stereocenters. The van der Waals surface area contributed by atoms with Crippen molar-refractivity contribution in [2.45, 2.75) is 32.6 Å². The second-order valence-electron chi connectivity index (χ2n) is 6.22. The molecule has 2 aromatic rings. The van der Waals surface area contributed by atoms with Gasteiger partial charge in [0, 0.05) is 18.1 Å². The van der Waals surface area contributed by atoms with Crippen molar-refractivity contribution in [2.75, 3.05) is 0 Å². The lowest BCUT2D eigenvalue weighted by Crippen LogP contribution is -2.13. The third-order valence-electron chi connectivity index (χ3n) is 3.43. The highest BCUT2D eigenvalue weighted by Gasteiger charge is 2.22. The number of phenolic OH excluding ortho intramolecular Hbond substituents is 2. The van der Waals surface area contributed by atoms with E-state index in [0.29, 0.717) is 5.56 Å². The van der Waals surface area contributed by atoms with Crippen LogP contribution in [0.4, 0.5) is 0 Å². The number of phenols is 2. The first kappa shape index (κ1) is 15.1. The van der Waals surface area contributed by atoms with Gasteiger partial charge < -0.3 is 10.2 Å². The monoisotopic (exact) mass is 284 g/mol. The molecule has 3 heteroatoms. The van der Waals surface area contributed by atoms with Crippen LogP contribution < -0.4 is 0 Å². The molecule has 21 heavy (non-hydrogen) atoms. The van der Waals surface area contributed by atoms with Crippen molar-refractivity contribution >= 4 is 5.78 Å². The zero-order valence-electron chi connectivity index (χ0n) is 12.6. The Balaban J connectivity index is 2.37. The highest BCUT2D eigenvalue weighted by Crippen LogP contribution is 2.35. The second kappa shape index (κ2) is 5.60. The number of aromatic hydroxyl groups is 2. The van der Waals surface area contributed by atoms with E-state index in [2.05, 4.69) is 0 Å². The minimum atomic E-state index is -0.306. The molecule has 2 rings (SSSR count). The summed E-state index contributed by atoms with van der Waals surface area (Å²) in [6.45, 7) is 5.85. The summed E-state index contributed by atoms with van der Waals surface area (Å²) in [5.41, 5.74) is 1.49. The van der Waals surface area contributed by atoms with Gasteiger partial charge in [-0.25, -0.2) is 0 Å². The molecule has 0 heterocycles. The largest absolute Gasteiger partial charge is 0.508 e. The fraction of sp³-hybridized carbons (Fsp3) is 0.278. The van der Waals surface area contributed by atoms with Crippen LogP contribution in [0.5, 0.6) is 11.5 Å². The number of hydrogen-bond donors (Lipinski definition) is 2. The SMILES string of the molecule is CC(C)(C)c1cc(C(=O)Cc2ccccc2)c(O)cc1O. The third-order valence-corrected chi connectivity index (χ3v) is 3.43. The maximum absolute atomic E-state index is 12.4. The molecule has 0 spiro atoms. The van der Waals surface area contributed by atoms with Gasteiger partial charge in [0.2, 0.25) is 0 Å². The smallest absolute Gasteiger partial charge is 0.170 e. The lowest BCUT2D eigenvalue weighted by molar-refractivity contribution is 0.0990. The predicted octanol–water partition coefficient (Wildman–Crippen LogP) is 3.82. The molecule has 0 saturated heterocycles. The van der Waals surface area contributed by atoms with E-state index in [0.717, 1.165) is 5.56 Å². The fourth-order valence-electron chi connectivity index (χ4n) is 2.28. The van der Waals surface area contributed by atoms with E-state index in [4.69, 9.17) is 0 Å². The van der Waals surface area contributed by atoms with Crippen LogP contribution in [-0.2, 0) is 11.8 Å². The van der Waals surface area contributed by atoms with Crippen LogP contribution in [0.3, 0.4) is 0 Å². The Bertz CT molecular complexity index is 652. The van der Waals surface area contributed by atoms with Crippen LogP contribution in [0.15, 0.2) is 42.5 Å². The molecule has 0 fully saturated rings. The van der Waals surface area contributed by atoms with Crippen LogP contribution in [0, 0.1) is 0 Å². The van der Waals surface area contributed by atoms with E-state index in [9.17, 15) is 15.0 Å². The van der Waals surface area contributed by atoms with Crippen molar-refractivity contribution < 1.29 is 15.0 Å². The van der Waals surface area contributed by atoms with Crippen molar-refractivity contribution in [1.29, 1.82) is 0 Å². The van der Waals surface area contributed by atoms with Crippen LogP contribution in [-0.4, -0.2) is 16.0 Å². The molecular weight excluding hydrogens is 264 g/mol. The molecule has 0 saturated carbocycles. The molecule has 0 amide bonds. The molecule has 110 valence electrons. The molecule has 0 aliphatic rings. The number of ketones is 1. The average Bonchev–Trinajstić information content (AvgIpc) is 2.38. The zero-order valence-corrected chi connectivity index (χ0v) is 12.6. The van der Waals surface area contributed by atoms with E-state index in [1.54, 1.807) is 6.07 Å². The third kappa shape index (κ3) is 3.43.